The van der Waals surface area contributed by atoms with E-state index in [1.54, 1.807) is 6.08 Å². The molecule has 0 spiro atoms. The van der Waals surface area contributed by atoms with Crippen LogP contribution in [0.1, 0.15) is 219 Å². The van der Waals surface area contributed by atoms with E-state index in [2.05, 4.69) is 55.6 Å². The lowest BCUT2D eigenvalue weighted by atomic mass is 9.85. The summed E-state index contributed by atoms with van der Waals surface area (Å²) < 4.78 is 22.9. The van der Waals surface area contributed by atoms with Crippen molar-refractivity contribution in [1.82, 2.24) is 5.32 Å². The first kappa shape index (κ1) is 63.3. The fourth-order valence-corrected chi connectivity index (χ4v) is 9.27. The summed E-state index contributed by atoms with van der Waals surface area (Å²) in [5.74, 6) is -0.607. The van der Waals surface area contributed by atoms with Crippen LogP contribution in [0.5, 0.6) is 0 Å². The van der Waals surface area contributed by atoms with Gasteiger partial charge >= 0.3 is 7.82 Å². The van der Waals surface area contributed by atoms with E-state index in [4.69, 9.17) is 9.05 Å². The Hall–Kier alpha value is -1.74. The number of amides is 1. The third-order valence-corrected chi connectivity index (χ3v) is 13.6. The second-order valence-electron chi connectivity index (χ2n) is 18.9. The Bertz CT molecular complexity index is 1330. The summed E-state index contributed by atoms with van der Waals surface area (Å²) in [6, 6.07) is -1.26. The highest BCUT2D eigenvalue weighted by Crippen LogP contribution is 2.47. The molecule has 1 saturated carbocycles. The summed E-state index contributed by atoms with van der Waals surface area (Å²) in [6.07, 6.45) is 37.6. The van der Waals surface area contributed by atoms with Gasteiger partial charge in [0.05, 0.1) is 31.3 Å². The van der Waals surface area contributed by atoms with Gasteiger partial charge in [0.25, 0.3) is 0 Å². The summed E-state index contributed by atoms with van der Waals surface area (Å²) in [5, 5.41) is 74.7. The predicted molar refractivity (Wildman–Crippen MR) is 270 cm³/mol. The highest BCUT2D eigenvalue weighted by Gasteiger charge is 2.51. The molecule has 0 radical (unpaired) electrons. The van der Waals surface area contributed by atoms with Gasteiger partial charge in [-0.1, -0.05) is 204 Å². The summed E-state index contributed by atoms with van der Waals surface area (Å²) in [6.45, 7) is 3.72. The summed E-state index contributed by atoms with van der Waals surface area (Å²) in [4.78, 5) is 23.5. The lowest BCUT2D eigenvalue weighted by molar-refractivity contribution is -0.220. The molecule has 1 aliphatic carbocycles. The zero-order valence-electron chi connectivity index (χ0n) is 41.8. The van der Waals surface area contributed by atoms with Gasteiger partial charge in [0.15, 0.2) is 0 Å². The van der Waals surface area contributed by atoms with E-state index >= 15 is 0 Å². The van der Waals surface area contributed by atoms with E-state index in [-0.39, 0.29) is 6.42 Å². The maximum Gasteiger partial charge on any atom is 0.472 e. The summed E-state index contributed by atoms with van der Waals surface area (Å²) in [5.41, 5.74) is 0. The number of unbranched alkanes of at least 4 members (excludes halogenated alkanes) is 26. The molecule has 0 heterocycles. The normalized spacial score (nSPS) is 22.6. The van der Waals surface area contributed by atoms with Crippen LogP contribution >= 0.6 is 7.82 Å². The number of phosphoric ester groups is 1. The van der Waals surface area contributed by atoms with Gasteiger partial charge in [0.2, 0.25) is 5.91 Å². The van der Waals surface area contributed by atoms with E-state index in [1.165, 1.54) is 134 Å². The molecule has 8 atom stereocenters. The van der Waals surface area contributed by atoms with E-state index in [0.717, 1.165) is 57.8 Å². The number of hydrogen-bond donors (Lipinski definition) is 9. The number of aliphatic hydroxyl groups is 7. The average molecular weight is 972 g/mol. The zero-order chi connectivity index (χ0) is 49.4. The lowest BCUT2D eigenvalue weighted by Crippen LogP contribution is -2.64. The van der Waals surface area contributed by atoms with Gasteiger partial charge in [0.1, 0.15) is 36.6 Å². The third-order valence-electron chi connectivity index (χ3n) is 12.7. The number of phosphoric acid groups is 1. The first-order valence-corrected chi connectivity index (χ1v) is 28.2. The van der Waals surface area contributed by atoms with Crippen molar-refractivity contribution in [1.29, 1.82) is 0 Å². The van der Waals surface area contributed by atoms with E-state index in [1.807, 2.05) is 0 Å². The number of aliphatic hydroxyl groups excluding tert-OH is 7. The van der Waals surface area contributed by atoms with Crippen LogP contribution in [0.2, 0.25) is 0 Å². The van der Waals surface area contributed by atoms with Crippen LogP contribution in [0.25, 0.3) is 0 Å². The lowest BCUT2D eigenvalue weighted by Gasteiger charge is -2.41. The molecule has 8 unspecified atom stereocenters. The van der Waals surface area contributed by atoms with E-state index < -0.39 is 75.2 Å². The van der Waals surface area contributed by atoms with Gasteiger partial charge in [0, 0.05) is 0 Å². The quantitative estimate of drug-likeness (QED) is 0.0120. The molecule has 67 heavy (non-hydrogen) atoms. The number of carbonyl (C=O) groups excluding carboxylic acids is 1. The zero-order valence-corrected chi connectivity index (χ0v) is 42.7. The topological polar surface area (TPSA) is 226 Å². The van der Waals surface area contributed by atoms with Crippen LogP contribution in [0.3, 0.4) is 0 Å². The van der Waals surface area contributed by atoms with Gasteiger partial charge in [-0.25, -0.2) is 4.57 Å². The predicted octanol–water partition coefficient (Wildman–Crippen LogP) is 10.3. The molecule has 0 aromatic carbocycles. The van der Waals surface area contributed by atoms with Crippen molar-refractivity contribution >= 4 is 13.7 Å². The maximum absolute atomic E-state index is 13.1. The second-order valence-corrected chi connectivity index (χ2v) is 20.3. The van der Waals surface area contributed by atoms with Gasteiger partial charge in [-0.15, -0.1) is 0 Å². The minimum absolute atomic E-state index is 0.258. The number of carbonyl (C=O) groups is 1. The first-order chi connectivity index (χ1) is 32.3. The average Bonchev–Trinajstić information content (AvgIpc) is 3.30. The van der Waals surface area contributed by atoms with Crippen molar-refractivity contribution in [3.05, 3.63) is 48.6 Å². The van der Waals surface area contributed by atoms with Crippen molar-refractivity contribution in [3.63, 3.8) is 0 Å². The second kappa shape index (κ2) is 42.0. The third kappa shape index (κ3) is 33.5. The van der Waals surface area contributed by atoms with Gasteiger partial charge in [-0.3, -0.25) is 13.8 Å². The molecule has 1 fully saturated rings. The Balaban J connectivity index is 2.50. The molecule has 9 N–H and O–H groups in total. The SMILES string of the molecule is CCCCC/C=C\C=C/CCCCCCCCCCC(O)CC(=O)NC(COP(=O)(O)OC1C(O)C(O)C(O)C(O)C1O)C(O)/C=C/CC/C=C/CCCCCCCCCCCCCCCC. The van der Waals surface area contributed by atoms with Crippen LogP contribution in [0, 0.1) is 0 Å². The summed E-state index contributed by atoms with van der Waals surface area (Å²) >= 11 is 0. The first-order valence-electron chi connectivity index (χ1n) is 26.7. The summed E-state index contributed by atoms with van der Waals surface area (Å²) in [7, 11) is -5.16. The van der Waals surface area contributed by atoms with Crippen LogP contribution in [0.15, 0.2) is 48.6 Å². The molecule has 0 aliphatic heterocycles. The van der Waals surface area contributed by atoms with Crippen LogP contribution < -0.4 is 5.32 Å². The van der Waals surface area contributed by atoms with E-state index in [9.17, 15) is 50.0 Å². The molecule has 0 saturated heterocycles. The molecule has 14 heteroatoms. The van der Waals surface area contributed by atoms with Gasteiger partial charge in [-0.05, 0) is 57.8 Å². The number of allylic oxidation sites excluding steroid dienone is 7. The highest BCUT2D eigenvalue weighted by atomic mass is 31.2. The van der Waals surface area contributed by atoms with Crippen molar-refractivity contribution in [2.45, 2.75) is 274 Å². The Morgan fingerprint density at radius 1 is 0.537 bits per heavy atom. The molecular formula is C53H98NO12P. The molecule has 0 bridgehead atoms. The largest absolute Gasteiger partial charge is 0.472 e. The number of nitrogens with one attached hydrogen (secondary N) is 1. The molecule has 1 aliphatic rings. The standard InChI is InChI=1S/C53H98NO12P/c1-3-5-7-9-11-13-15-17-19-21-22-23-25-27-29-31-33-35-37-39-41-46(56)45(43-65-67(63,64)66-53-51(61)49(59)48(58)50(60)52(53)62)54-47(57)42-44(55)40-38-36-34-32-30-28-26-24-20-18-16-14-12-10-8-6-4-2/h12,14,16,18,31,33,39,41,44-46,48-53,55-56,58-62H,3-11,13,15,17,19-30,32,34-38,40,42-43H2,1-2H3,(H,54,57)(H,63,64)/b14-12-,18-16-,33-31+,41-39+. The molecule has 0 aromatic rings. The van der Waals surface area contributed by atoms with Gasteiger partial charge in [-0.2, -0.15) is 0 Å². The van der Waals surface area contributed by atoms with Crippen molar-refractivity contribution in [2.75, 3.05) is 6.61 Å². The number of rotatable bonds is 44. The molecule has 13 nitrogen and oxygen atoms in total. The molecule has 0 aromatic heterocycles. The molecule has 1 rings (SSSR count). The van der Waals surface area contributed by atoms with E-state index in [0.29, 0.717) is 12.8 Å². The van der Waals surface area contributed by atoms with Crippen LogP contribution in [-0.4, -0.2) is 108 Å². The minimum atomic E-state index is -5.16. The van der Waals surface area contributed by atoms with Crippen molar-refractivity contribution in [2.24, 2.45) is 0 Å². The van der Waals surface area contributed by atoms with Crippen LogP contribution in [-0.2, 0) is 18.4 Å². The van der Waals surface area contributed by atoms with Crippen LogP contribution in [0.4, 0.5) is 0 Å². The van der Waals surface area contributed by atoms with Crippen molar-refractivity contribution < 1.29 is 59.0 Å². The number of hydrogen-bond acceptors (Lipinski definition) is 11. The van der Waals surface area contributed by atoms with Gasteiger partial charge < -0.3 is 46.0 Å². The maximum atomic E-state index is 13.1. The highest BCUT2D eigenvalue weighted by molar-refractivity contribution is 7.47. The fourth-order valence-electron chi connectivity index (χ4n) is 8.31. The minimum Gasteiger partial charge on any atom is -0.393 e. The molecule has 392 valence electrons. The molecular weight excluding hydrogens is 874 g/mol. The molecule has 1 amide bonds. The Morgan fingerprint density at radius 3 is 1.43 bits per heavy atom. The van der Waals surface area contributed by atoms with Crippen molar-refractivity contribution in [3.8, 4) is 0 Å². The monoisotopic (exact) mass is 972 g/mol. The Labute approximate surface area is 406 Å². The Morgan fingerprint density at radius 2 is 0.925 bits per heavy atom. The Kier molecular flexibility index (Phi) is 39.7. The fraction of sp³-hybridized carbons (Fsp3) is 0.830. The smallest absolute Gasteiger partial charge is 0.393 e.